The molecule has 0 saturated carbocycles. The van der Waals surface area contributed by atoms with E-state index in [2.05, 4.69) is 0 Å². The molecule has 8 N–H and O–H groups in total. The molecule has 19 heavy (non-hydrogen) atoms. The molecule has 9 nitrogen and oxygen atoms in total. The summed E-state index contributed by atoms with van der Waals surface area (Å²) >= 11 is 0. The van der Waals surface area contributed by atoms with Gasteiger partial charge >= 0.3 is 16.4 Å². The van der Waals surface area contributed by atoms with E-state index in [1.807, 2.05) is 18.2 Å². The van der Waals surface area contributed by atoms with Gasteiger partial charge in [-0.25, -0.2) is 4.79 Å². The summed E-state index contributed by atoms with van der Waals surface area (Å²) < 4.78 is 41.3. The zero-order valence-electron chi connectivity index (χ0n) is 9.93. The summed E-state index contributed by atoms with van der Waals surface area (Å²) in [4.78, 5) is 11.0. The van der Waals surface area contributed by atoms with Gasteiger partial charge in [0, 0.05) is 0 Å². The van der Waals surface area contributed by atoms with Crippen molar-refractivity contribution in [1.82, 2.24) is 12.3 Å². The third-order valence-electron chi connectivity index (χ3n) is 1.56. The molecule has 1 heterocycles. The Bertz CT molecular complexity index is 465. The molecule has 0 amide bonds. The number of hydrogen-bond acceptors (Lipinski definition) is 7. The number of carbonyl (C=O) groups excluding carboxylic acids is 1. The highest BCUT2D eigenvalue weighted by molar-refractivity contribution is 7.79. The molecule has 1 aromatic rings. The molecule has 1 saturated heterocycles. The van der Waals surface area contributed by atoms with Crippen LogP contribution >= 0.6 is 0 Å². The topological polar surface area (TPSA) is 183 Å². The molecule has 0 aliphatic carbocycles. The van der Waals surface area contributed by atoms with Crippen molar-refractivity contribution in [3.05, 3.63) is 30.3 Å². The molecule has 1 aliphatic heterocycles. The van der Waals surface area contributed by atoms with Gasteiger partial charge in [0.15, 0.2) is 6.10 Å². The molecule has 1 aromatic carbocycles. The lowest BCUT2D eigenvalue weighted by atomic mass is 10.3. The molecule has 0 bridgehead atoms. The number of hydrogen-bond donors (Lipinski definition) is 4. The highest BCUT2D eigenvalue weighted by atomic mass is 32.3. The highest BCUT2D eigenvalue weighted by Crippen LogP contribution is 2.15. The first kappa shape index (κ1) is 19.8. The molecule has 1 fully saturated rings. The van der Waals surface area contributed by atoms with Crippen LogP contribution in [-0.4, -0.2) is 36.2 Å². The Morgan fingerprint density at radius 3 is 2.00 bits per heavy atom. The van der Waals surface area contributed by atoms with Gasteiger partial charge < -0.3 is 21.8 Å². The van der Waals surface area contributed by atoms with Crippen molar-refractivity contribution in [2.75, 3.05) is 6.61 Å². The maximum atomic E-state index is 11.0. The summed E-state index contributed by atoms with van der Waals surface area (Å²) in [6.07, 6.45) is -0.329. The lowest BCUT2D eigenvalue weighted by Crippen LogP contribution is -2.14. The number of para-hydroxylation sites is 1. The molecule has 0 aromatic heterocycles. The number of esters is 1. The quantitative estimate of drug-likeness (QED) is 0.263. The number of carbonyl (C=O) groups is 1. The van der Waals surface area contributed by atoms with Crippen LogP contribution in [0.25, 0.3) is 0 Å². The summed E-state index contributed by atoms with van der Waals surface area (Å²) in [6, 6.07) is 8.97. The van der Waals surface area contributed by atoms with Gasteiger partial charge in [-0.05, 0) is 12.1 Å². The Hall–Kier alpha value is -1.56. The normalized spacial score (nSPS) is 15.8. The maximum Gasteiger partial charge on any atom is 0.394 e. The molecule has 1 atom stereocenters. The first-order chi connectivity index (χ1) is 7.86. The lowest BCUT2D eigenvalue weighted by Gasteiger charge is -1.99. The van der Waals surface area contributed by atoms with Crippen LogP contribution in [0.2, 0.25) is 0 Å². The largest absolute Gasteiger partial charge is 0.425 e. The van der Waals surface area contributed by atoms with E-state index in [0.717, 1.165) is 0 Å². The van der Waals surface area contributed by atoms with E-state index in [-0.39, 0.29) is 24.4 Å². The average Bonchev–Trinajstić information content (AvgIpc) is 2.99. The van der Waals surface area contributed by atoms with Crippen molar-refractivity contribution < 1.29 is 31.8 Å². The Labute approximate surface area is 110 Å². The van der Waals surface area contributed by atoms with E-state index in [9.17, 15) is 4.79 Å². The minimum absolute atomic E-state index is 0. The second-order valence-electron chi connectivity index (χ2n) is 3.00. The van der Waals surface area contributed by atoms with E-state index in [4.69, 9.17) is 27.0 Å². The van der Waals surface area contributed by atoms with Crippen molar-refractivity contribution in [2.24, 2.45) is 0 Å². The standard InChI is InChI=1S/C9H8O3.2H3N.H2O4S/c10-9(8-6-11-8)12-7-4-2-1-3-5-7;;;1-5(2,3)4/h1-5,8H,6H2;2*1H3;(H2,1,2,3,4). The lowest BCUT2D eigenvalue weighted by molar-refractivity contribution is -0.135. The van der Waals surface area contributed by atoms with E-state index in [0.29, 0.717) is 12.4 Å². The van der Waals surface area contributed by atoms with Gasteiger partial charge in [-0.2, -0.15) is 8.42 Å². The minimum Gasteiger partial charge on any atom is -0.425 e. The summed E-state index contributed by atoms with van der Waals surface area (Å²) in [6.45, 7) is 0.492. The Balaban J connectivity index is 0. The van der Waals surface area contributed by atoms with Gasteiger partial charge in [0.2, 0.25) is 0 Å². The van der Waals surface area contributed by atoms with Gasteiger partial charge in [-0.15, -0.1) is 0 Å². The predicted molar refractivity (Wildman–Crippen MR) is 66.0 cm³/mol. The van der Waals surface area contributed by atoms with Crippen LogP contribution in [0.4, 0.5) is 0 Å². The molecule has 110 valence electrons. The Morgan fingerprint density at radius 2 is 1.63 bits per heavy atom. The van der Waals surface area contributed by atoms with Gasteiger partial charge in [0.1, 0.15) is 5.75 Å². The molecule has 10 heteroatoms. The number of epoxide rings is 1. The van der Waals surface area contributed by atoms with Gasteiger partial charge in [0.25, 0.3) is 0 Å². The van der Waals surface area contributed by atoms with Crippen molar-refractivity contribution in [3.8, 4) is 5.75 Å². The van der Waals surface area contributed by atoms with Crippen LogP contribution in [0.5, 0.6) is 5.75 Å². The summed E-state index contributed by atoms with van der Waals surface area (Å²) in [5, 5.41) is 0. The van der Waals surface area contributed by atoms with E-state index >= 15 is 0 Å². The zero-order chi connectivity index (χ0) is 12.9. The predicted octanol–water partition coefficient (Wildman–Crippen LogP) is 0.662. The zero-order valence-corrected chi connectivity index (χ0v) is 10.7. The highest BCUT2D eigenvalue weighted by Gasteiger charge is 2.33. The SMILES string of the molecule is N.N.O=C(Oc1ccccc1)C1CO1.O=S(=O)(O)O. The van der Waals surface area contributed by atoms with Crippen LogP contribution in [0.15, 0.2) is 30.3 Å². The van der Waals surface area contributed by atoms with Crippen LogP contribution in [-0.2, 0) is 19.9 Å². The first-order valence-electron chi connectivity index (χ1n) is 4.44. The molecule has 1 aliphatic rings. The van der Waals surface area contributed by atoms with Crippen LogP contribution in [0.3, 0.4) is 0 Å². The molecule has 0 radical (unpaired) electrons. The summed E-state index contributed by atoms with van der Waals surface area (Å²) in [5.41, 5.74) is 0. The van der Waals surface area contributed by atoms with Gasteiger partial charge in [-0.1, -0.05) is 18.2 Å². The molecular formula is C9H16N2O7S. The fraction of sp³-hybridized carbons (Fsp3) is 0.222. The van der Waals surface area contributed by atoms with Crippen LogP contribution < -0.4 is 17.0 Å². The average molecular weight is 296 g/mol. The van der Waals surface area contributed by atoms with E-state index in [1.165, 1.54) is 0 Å². The number of ether oxygens (including phenoxy) is 2. The Kier molecular flexibility index (Phi) is 8.87. The monoisotopic (exact) mass is 296 g/mol. The Morgan fingerprint density at radius 1 is 1.21 bits per heavy atom. The fourth-order valence-electron chi connectivity index (χ4n) is 0.855. The number of benzene rings is 1. The maximum absolute atomic E-state index is 11.0. The molecule has 1 unspecified atom stereocenters. The van der Waals surface area contributed by atoms with Crippen molar-refractivity contribution in [3.63, 3.8) is 0 Å². The molecular weight excluding hydrogens is 280 g/mol. The van der Waals surface area contributed by atoms with Crippen LogP contribution in [0, 0.1) is 0 Å². The van der Waals surface area contributed by atoms with Crippen molar-refractivity contribution in [2.45, 2.75) is 6.10 Å². The summed E-state index contributed by atoms with van der Waals surface area (Å²) in [7, 11) is -4.67. The van der Waals surface area contributed by atoms with Crippen molar-refractivity contribution >= 4 is 16.4 Å². The molecule has 0 spiro atoms. The van der Waals surface area contributed by atoms with Gasteiger partial charge in [-0.3, -0.25) is 9.11 Å². The second kappa shape index (κ2) is 8.53. The summed E-state index contributed by atoms with van der Waals surface area (Å²) in [5.74, 6) is 0.263. The van der Waals surface area contributed by atoms with E-state index < -0.39 is 10.4 Å². The minimum atomic E-state index is -4.67. The molecule has 2 rings (SSSR count). The smallest absolute Gasteiger partial charge is 0.394 e. The van der Waals surface area contributed by atoms with Crippen LogP contribution in [0.1, 0.15) is 0 Å². The first-order valence-corrected chi connectivity index (χ1v) is 5.84. The third-order valence-corrected chi connectivity index (χ3v) is 1.56. The fourth-order valence-corrected chi connectivity index (χ4v) is 0.855. The van der Waals surface area contributed by atoms with E-state index in [1.54, 1.807) is 12.1 Å². The third kappa shape index (κ3) is 11.3. The van der Waals surface area contributed by atoms with Gasteiger partial charge in [0.05, 0.1) is 6.61 Å². The second-order valence-corrected chi connectivity index (χ2v) is 3.90. The van der Waals surface area contributed by atoms with Crippen molar-refractivity contribution in [1.29, 1.82) is 0 Å². The number of rotatable bonds is 2.